The lowest BCUT2D eigenvalue weighted by molar-refractivity contribution is -0.134. The van der Waals surface area contributed by atoms with Crippen molar-refractivity contribution in [2.45, 2.75) is 31.7 Å². The lowest BCUT2D eigenvalue weighted by atomic mass is 10.0. The molecule has 1 fully saturated rings. The summed E-state index contributed by atoms with van der Waals surface area (Å²) < 4.78 is 0. The summed E-state index contributed by atoms with van der Waals surface area (Å²) in [5.41, 5.74) is 1.31. The van der Waals surface area contributed by atoms with E-state index in [1.54, 1.807) is 12.1 Å². The Morgan fingerprint density at radius 2 is 1.70 bits per heavy atom. The van der Waals surface area contributed by atoms with Crippen molar-refractivity contribution in [3.05, 3.63) is 69.7 Å². The van der Waals surface area contributed by atoms with Crippen molar-refractivity contribution in [2.75, 3.05) is 13.1 Å². The Morgan fingerprint density at radius 3 is 2.37 bits per heavy atom. The maximum Gasteiger partial charge on any atom is 0.253 e. The number of hydrogen-bond donors (Lipinski definition) is 1. The molecular formula is C21H22Cl2N2O2. The predicted molar refractivity (Wildman–Crippen MR) is 108 cm³/mol. The first-order chi connectivity index (χ1) is 13.0. The van der Waals surface area contributed by atoms with Gasteiger partial charge in [-0.3, -0.25) is 9.59 Å². The molecule has 0 radical (unpaired) electrons. The number of carbonyl (C=O) groups excluding carboxylic acids is 2. The maximum atomic E-state index is 13.1. The highest BCUT2D eigenvalue weighted by molar-refractivity contribution is 6.36. The highest BCUT2D eigenvalue weighted by Gasteiger charge is 2.28. The summed E-state index contributed by atoms with van der Waals surface area (Å²) in [5, 5.41) is 3.61. The lowest BCUT2D eigenvalue weighted by Gasteiger charge is -2.31. The first-order valence-corrected chi connectivity index (χ1v) is 9.89. The van der Waals surface area contributed by atoms with Crippen LogP contribution in [0.2, 0.25) is 10.0 Å². The number of carbonyl (C=O) groups is 2. The second kappa shape index (κ2) is 9.25. The van der Waals surface area contributed by atoms with Gasteiger partial charge in [0.05, 0.1) is 10.6 Å². The molecule has 1 aliphatic heterocycles. The Kier molecular flexibility index (Phi) is 6.75. The van der Waals surface area contributed by atoms with Crippen LogP contribution in [0.1, 0.15) is 35.2 Å². The summed E-state index contributed by atoms with van der Waals surface area (Å²) in [6.07, 6.45) is 3.58. The average Bonchev–Trinajstić information content (AvgIpc) is 2.68. The van der Waals surface area contributed by atoms with Crippen molar-refractivity contribution in [3.63, 3.8) is 0 Å². The third-order valence-electron chi connectivity index (χ3n) is 4.73. The predicted octanol–water partition coefficient (Wildman–Crippen LogP) is 4.35. The molecule has 1 atom stereocenters. The fourth-order valence-electron chi connectivity index (χ4n) is 3.29. The molecule has 142 valence electrons. The second-order valence-electron chi connectivity index (χ2n) is 6.73. The number of likely N-dealkylation sites (tertiary alicyclic amines) is 1. The Balaban J connectivity index is 1.79. The van der Waals surface area contributed by atoms with E-state index in [4.69, 9.17) is 23.2 Å². The zero-order valence-electron chi connectivity index (χ0n) is 15.0. The average molecular weight is 405 g/mol. The molecule has 0 spiro atoms. The van der Waals surface area contributed by atoms with Crippen molar-refractivity contribution >= 4 is 35.0 Å². The van der Waals surface area contributed by atoms with Crippen LogP contribution in [0, 0.1) is 0 Å². The number of piperidine rings is 1. The maximum absolute atomic E-state index is 13.1. The van der Waals surface area contributed by atoms with Gasteiger partial charge in [0.25, 0.3) is 5.91 Å². The number of halogens is 2. The van der Waals surface area contributed by atoms with Gasteiger partial charge in [0, 0.05) is 24.5 Å². The van der Waals surface area contributed by atoms with Crippen molar-refractivity contribution in [1.82, 2.24) is 10.2 Å². The van der Waals surface area contributed by atoms with Crippen molar-refractivity contribution in [3.8, 4) is 0 Å². The first kappa shape index (κ1) is 19.7. The fourth-order valence-corrected chi connectivity index (χ4v) is 3.79. The highest BCUT2D eigenvalue weighted by atomic mass is 35.5. The fraction of sp³-hybridized carbons (Fsp3) is 0.333. The number of amides is 2. The summed E-state index contributed by atoms with van der Waals surface area (Å²) >= 11 is 12.1. The van der Waals surface area contributed by atoms with Gasteiger partial charge in [-0.2, -0.15) is 0 Å². The van der Waals surface area contributed by atoms with Crippen LogP contribution in [0.5, 0.6) is 0 Å². The molecule has 3 rings (SSSR count). The summed E-state index contributed by atoms with van der Waals surface area (Å²) in [6, 6.07) is 13.8. The van der Waals surface area contributed by atoms with Crippen LogP contribution < -0.4 is 5.32 Å². The van der Waals surface area contributed by atoms with E-state index in [1.165, 1.54) is 6.07 Å². The van der Waals surface area contributed by atoms with E-state index in [0.717, 1.165) is 37.9 Å². The van der Waals surface area contributed by atoms with Gasteiger partial charge in [-0.1, -0.05) is 53.5 Å². The molecule has 0 aliphatic carbocycles. The van der Waals surface area contributed by atoms with Crippen molar-refractivity contribution in [1.29, 1.82) is 0 Å². The van der Waals surface area contributed by atoms with Crippen LogP contribution in [0.25, 0.3) is 0 Å². The molecule has 2 amide bonds. The molecule has 0 unspecified atom stereocenters. The zero-order valence-corrected chi connectivity index (χ0v) is 16.5. The largest absolute Gasteiger partial charge is 0.341 e. The Morgan fingerprint density at radius 1 is 1.00 bits per heavy atom. The van der Waals surface area contributed by atoms with Crippen LogP contribution in [0.4, 0.5) is 0 Å². The van der Waals surface area contributed by atoms with Gasteiger partial charge < -0.3 is 10.2 Å². The molecule has 1 heterocycles. The van der Waals surface area contributed by atoms with E-state index >= 15 is 0 Å². The van der Waals surface area contributed by atoms with Gasteiger partial charge in [0.2, 0.25) is 5.91 Å². The topological polar surface area (TPSA) is 49.4 Å². The highest BCUT2D eigenvalue weighted by Crippen LogP contribution is 2.21. The summed E-state index contributed by atoms with van der Waals surface area (Å²) in [6.45, 7) is 1.48. The first-order valence-electron chi connectivity index (χ1n) is 9.13. The van der Waals surface area contributed by atoms with Crippen LogP contribution >= 0.6 is 23.2 Å². The standard InChI is InChI=1S/C21H22Cl2N2O2/c22-16-9-10-17(18(23)14-16)20(26)24-19(13-15-7-3-1-4-8-15)21(27)25-11-5-2-6-12-25/h1,3-4,7-10,14,19H,2,5-6,11-13H2,(H,24,26)/t19-/m0/s1. The number of rotatable bonds is 5. The van der Waals surface area contributed by atoms with E-state index in [2.05, 4.69) is 5.32 Å². The molecule has 4 nitrogen and oxygen atoms in total. The molecule has 1 aliphatic rings. The van der Waals surface area contributed by atoms with E-state index in [0.29, 0.717) is 17.0 Å². The Labute approximate surface area is 169 Å². The molecule has 0 bridgehead atoms. The number of nitrogens with one attached hydrogen (secondary N) is 1. The third-order valence-corrected chi connectivity index (χ3v) is 5.28. The molecule has 1 saturated heterocycles. The lowest BCUT2D eigenvalue weighted by Crippen LogP contribution is -2.51. The minimum Gasteiger partial charge on any atom is -0.341 e. The second-order valence-corrected chi connectivity index (χ2v) is 7.57. The third kappa shape index (κ3) is 5.24. The molecule has 2 aromatic rings. The number of nitrogens with zero attached hydrogens (tertiary/aromatic N) is 1. The number of hydrogen-bond acceptors (Lipinski definition) is 2. The Bertz CT molecular complexity index is 805. The van der Waals surface area contributed by atoms with E-state index in [-0.39, 0.29) is 16.8 Å². The van der Waals surface area contributed by atoms with Crippen LogP contribution in [0.3, 0.4) is 0 Å². The number of benzene rings is 2. The minimum absolute atomic E-state index is 0.0445. The molecular weight excluding hydrogens is 383 g/mol. The molecule has 0 aromatic heterocycles. The van der Waals surface area contributed by atoms with Gasteiger partial charge in [-0.05, 0) is 43.0 Å². The van der Waals surface area contributed by atoms with Gasteiger partial charge in [-0.25, -0.2) is 0 Å². The SMILES string of the molecule is O=C(N[C@@H](Cc1ccccc1)C(=O)N1CCCCC1)c1ccc(Cl)cc1Cl. The molecule has 1 N–H and O–H groups in total. The van der Waals surface area contributed by atoms with Gasteiger partial charge in [-0.15, -0.1) is 0 Å². The Hall–Kier alpha value is -2.04. The molecule has 6 heteroatoms. The molecule has 27 heavy (non-hydrogen) atoms. The van der Waals surface area contributed by atoms with Gasteiger partial charge >= 0.3 is 0 Å². The van der Waals surface area contributed by atoms with Gasteiger partial charge in [0.1, 0.15) is 6.04 Å². The van der Waals surface area contributed by atoms with Gasteiger partial charge in [0.15, 0.2) is 0 Å². The molecule has 0 saturated carbocycles. The summed E-state index contributed by atoms with van der Waals surface area (Å²) in [7, 11) is 0. The monoisotopic (exact) mass is 404 g/mol. The summed E-state index contributed by atoms with van der Waals surface area (Å²) in [5.74, 6) is -0.417. The quantitative estimate of drug-likeness (QED) is 0.804. The normalized spacial score (nSPS) is 15.3. The smallest absolute Gasteiger partial charge is 0.253 e. The van der Waals surface area contributed by atoms with Crippen molar-refractivity contribution < 1.29 is 9.59 Å². The van der Waals surface area contributed by atoms with E-state index < -0.39 is 6.04 Å². The van der Waals surface area contributed by atoms with E-state index in [1.807, 2.05) is 35.2 Å². The summed E-state index contributed by atoms with van der Waals surface area (Å²) in [4.78, 5) is 27.7. The minimum atomic E-state index is -0.634. The van der Waals surface area contributed by atoms with Crippen LogP contribution in [-0.2, 0) is 11.2 Å². The van der Waals surface area contributed by atoms with E-state index in [9.17, 15) is 9.59 Å². The zero-order chi connectivity index (χ0) is 19.2. The van der Waals surface area contributed by atoms with Crippen LogP contribution in [-0.4, -0.2) is 35.8 Å². The van der Waals surface area contributed by atoms with Crippen LogP contribution in [0.15, 0.2) is 48.5 Å². The molecule has 2 aromatic carbocycles. The van der Waals surface area contributed by atoms with Crippen molar-refractivity contribution in [2.24, 2.45) is 0 Å².